The molecule has 1 aromatic heterocycles. The van der Waals surface area contributed by atoms with Crippen LogP contribution in [0.3, 0.4) is 0 Å². The van der Waals surface area contributed by atoms with E-state index in [2.05, 4.69) is 10.3 Å². The van der Waals surface area contributed by atoms with Gasteiger partial charge in [-0.05, 0) is 18.2 Å². The molecule has 0 fully saturated rings. The molecule has 0 saturated heterocycles. The first-order chi connectivity index (χ1) is 8.65. The van der Waals surface area contributed by atoms with Gasteiger partial charge in [-0.2, -0.15) is 0 Å². The number of carbonyl (C=O) groups excluding carboxylic acids is 1. The molecule has 94 valence electrons. The molecule has 1 amide bonds. The van der Waals surface area contributed by atoms with Crippen LogP contribution in [0.15, 0.2) is 34.7 Å². The third-order valence-corrected chi connectivity index (χ3v) is 4.02. The monoisotopic (exact) mass is 299 g/mol. The van der Waals surface area contributed by atoms with Crippen LogP contribution in [0.2, 0.25) is 5.02 Å². The topological polar surface area (TPSA) is 68.0 Å². The van der Waals surface area contributed by atoms with E-state index in [9.17, 15) is 4.79 Å². The first kappa shape index (κ1) is 13.2. The van der Waals surface area contributed by atoms with Gasteiger partial charge < -0.3 is 11.1 Å². The number of benzene rings is 1. The molecule has 0 aliphatic heterocycles. The molecule has 4 nitrogen and oxygen atoms in total. The van der Waals surface area contributed by atoms with Gasteiger partial charge in [0.15, 0.2) is 5.13 Å². The summed E-state index contributed by atoms with van der Waals surface area (Å²) in [6.07, 6.45) is 1.64. The molecular formula is C11H10ClN3OS2. The fourth-order valence-electron chi connectivity index (χ4n) is 1.23. The van der Waals surface area contributed by atoms with Crippen LogP contribution in [0.1, 0.15) is 0 Å². The second-order valence-corrected chi connectivity index (χ2v) is 5.70. The number of hydrogen-bond donors (Lipinski definition) is 2. The smallest absolute Gasteiger partial charge is 0.236 e. The average Bonchev–Trinajstić information content (AvgIpc) is 2.80. The average molecular weight is 300 g/mol. The van der Waals surface area contributed by atoms with E-state index in [1.807, 2.05) is 0 Å². The van der Waals surface area contributed by atoms with Crippen LogP contribution in [-0.2, 0) is 4.79 Å². The number of halogens is 1. The molecule has 0 unspecified atom stereocenters. The summed E-state index contributed by atoms with van der Waals surface area (Å²) < 4.78 is 0. The SMILES string of the molecule is Nc1cc(Cl)ccc1SCC(=O)Nc1nccs1. The van der Waals surface area contributed by atoms with E-state index in [1.54, 1.807) is 29.8 Å². The van der Waals surface area contributed by atoms with Crippen LogP contribution in [0, 0.1) is 0 Å². The number of carbonyl (C=O) groups is 1. The zero-order chi connectivity index (χ0) is 13.0. The van der Waals surface area contributed by atoms with Crippen LogP contribution < -0.4 is 11.1 Å². The van der Waals surface area contributed by atoms with Crippen LogP contribution >= 0.6 is 34.7 Å². The van der Waals surface area contributed by atoms with E-state index >= 15 is 0 Å². The van der Waals surface area contributed by atoms with Crippen LogP contribution in [-0.4, -0.2) is 16.6 Å². The number of amides is 1. The summed E-state index contributed by atoms with van der Waals surface area (Å²) in [5.74, 6) is 0.176. The highest BCUT2D eigenvalue weighted by molar-refractivity contribution is 8.00. The normalized spacial score (nSPS) is 10.3. The van der Waals surface area contributed by atoms with Crippen molar-refractivity contribution in [3.63, 3.8) is 0 Å². The lowest BCUT2D eigenvalue weighted by atomic mass is 10.3. The Morgan fingerprint density at radius 3 is 3.06 bits per heavy atom. The predicted molar refractivity (Wildman–Crippen MR) is 77.3 cm³/mol. The van der Waals surface area contributed by atoms with E-state index in [4.69, 9.17) is 17.3 Å². The van der Waals surface area contributed by atoms with Crippen LogP contribution in [0.4, 0.5) is 10.8 Å². The Hall–Kier alpha value is -1.24. The number of nitrogen functional groups attached to an aromatic ring is 1. The Bertz CT molecular complexity index is 545. The first-order valence-electron chi connectivity index (χ1n) is 5.02. The lowest BCUT2D eigenvalue weighted by Crippen LogP contribution is -2.13. The maximum atomic E-state index is 11.6. The van der Waals surface area contributed by atoms with Crippen molar-refractivity contribution in [2.24, 2.45) is 0 Å². The van der Waals surface area contributed by atoms with Crippen LogP contribution in [0.25, 0.3) is 0 Å². The van der Waals surface area contributed by atoms with Crippen molar-refractivity contribution in [3.8, 4) is 0 Å². The number of aromatic nitrogens is 1. The molecule has 2 aromatic rings. The summed E-state index contributed by atoms with van der Waals surface area (Å²) in [4.78, 5) is 16.4. The van der Waals surface area contributed by atoms with Gasteiger partial charge in [0.05, 0.1) is 5.75 Å². The number of thioether (sulfide) groups is 1. The third-order valence-electron chi connectivity index (χ3n) is 2.01. The van der Waals surface area contributed by atoms with E-state index < -0.39 is 0 Å². The Kier molecular flexibility index (Phi) is 4.46. The van der Waals surface area contributed by atoms with Crippen molar-refractivity contribution < 1.29 is 4.79 Å². The molecule has 0 spiro atoms. The zero-order valence-electron chi connectivity index (χ0n) is 9.22. The largest absolute Gasteiger partial charge is 0.398 e. The number of anilines is 2. The second kappa shape index (κ2) is 6.08. The Balaban J connectivity index is 1.89. The van der Waals surface area contributed by atoms with Crippen molar-refractivity contribution in [3.05, 3.63) is 34.8 Å². The lowest BCUT2D eigenvalue weighted by Gasteiger charge is -2.05. The summed E-state index contributed by atoms with van der Waals surface area (Å²) in [6.45, 7) is 0. The number of hydrogen-bond acceptors (Lipinski definition) is 5. The minimum Gasteiger partial charge on any atom is -0.398 e. The highest BCUT2D eigenvalue weighted by atomic mass is 35.5. The van der Waals surface area contributed by atoms with Gasteiger partial charge in [0.25, 0.3) is 0 Å². The number of nitrogens with two attached hydrogens (primary N) is 1. The lowest BCUT2D eigenvalue weighted by molar-refractivity contribution is -0.113. The molecule has 0 bridgehead atoms. The molecule has 2 rings (SSSR count). The van der Waals surface area contributed by atoms with Crippen molar-refractivity contribution in [2.75, 3.05) is 16.8 Å². The molecule has 0 atom stereocenters. The molecule has 0 radical (unpaired) electrons. The van der Waals surface area contributed by atoms with E-state index in [1.165, 1.54) is 23.1 Å². The van der Waals surface area contributed by atoms with Gasteiger partial charge in [-0.1, -0.05) is 11.6 Å². The molecule has 7 heteroatoms. The van der Waals surface area contributed by atoms with E-state index in [-0.39, 0.29) is 11.7 Å². The standard InChI is InChI=1S/C11H10ClN3OS2/c12-7-1-2-9(8(13)5-7)18-6-10(16)15-11-14-3-4-17-11/h1-5H,6,13H2,(H,14,15,16). The van der Waals surface area contributed by atoms with Crippen molar-refractivity contribution in [1.29, 1.82) is 0 Å². The number of nitrogens with zero attached hydrogens (tertiary/aromatic N) is 1. The van der Waals surface area contributed by atoms with Crippen LogP contribution in [0.5, 0.6) is 0 Å². The Labute approximate surface area is 118 Å². The Morgan fingerprint density at radius 2 is 2.39 bits per heavy atom. The van der Waals surface area contributed by atoms with Gasteiger partial charge >= 0.3 is 0 Å². The van der Waals surface area contributed by atoms with Gasteiger partial charge in [-0.15, -0.1) is 23.1 Å². The fourth-order valence-corrected chi connectivity index (χ4v) is 2.71. The zero-order valence-corrected chi connectivity index (χ0v) is 11.6. The van der Waals surface area contributed by atoms with Gasteiger partial charge in [-0.25, -0.2) is 4.98 Å². The number of thiazole rings is 1. The summed E-state index contributed by atoms with van der Waals surface area (Å²) in [5, 5.41) is 5.70. The van der Waals surface area contributed by atoms with Gasteiger partial charge in [0.2, 0.25) is 5.91 Å². The van der Waals surface area contributed by atoms with Gasteiger partial charge in [0.1, 0.15) is 0 Å². The summed E-state index contributed by atoms with van der Waals surface area (Å²) in [6, 6.07) is 5.22. The summed E-state index contributed by atoms with van der Waals surface area (Å²) in [5.41, 5.74) is 6.37. The Morgan fingerprint density at radius 1 is 1.56 bits per heavy atom. The maximum absolute atomic E-state index is 11.6. The minimum absolute atomic E-state index is 0.107. The van der Waals surface area contributed by atoms with Gasteiger partial charge in [0, 0.05) is 27.2 Å². The molecule has 0 saturated carbocycles. The predicted octanol–water partition coefficient (Wildman–Crippen LogP) is 3.11. The molecule has 1 heterocycles. The van der Waals surface area contributed by atoms with Crippen molar-refractivity contribution in [1.82, 2.24) is 4.98 Å². The highest BCUT2D eigenvalue weighted by Crippen LogP contribution is 2.27. The molecule has 0 aliphatic rings. The molecular weight excluding hydrogens is 290 g/mol. The van der Waals surface area contributed by atoms with E-state index in [0.717, 1.165) is 4.90 Å². The maximum Gasteiger partial charge on any atom is 0.236 e. The molecule has 3 N–H and O–H groups in total. The van der Waals surface area contributed by atoms with Gasteiger partial charge in [-0.3, -0.25) is 4.79 Å². The van der Waals surface area contributed by atoms with E-state index in [0.29, 0.717) is 15.8 Å². The second-order valence-electron chi connectivity index (χ2n) is 3.36. The number of rotatable bonds is 4. The number of nitrogens with one attached hydrogen (secondary N) is 1. The first-order valence-corrected chi connectivity index (χ1v) is 7.26. The summed E-state index contributed by atoms with van der Waals surface area (Å²) >= 11 is 8.55. The highest BCUT2D eigenvalue weighted by Gasteiger charge is 2.07. The summed E-state index contributed by atoms with van der Waals surface area (Å²) in [7, 11) is 0. The third kappa shape index (κ3) is 3.63. The fraction of sp³-hybridized carbons (Fsp3) is 0.0909. The van der Waals surface area contributed by atoms with Crippen molar-refractivity contribution >= 4 is 51.4 Å². The molecule has 1 aromatic carbocycles. The minimum atomic E-state index is -0.107. The quantitative estimate of drug-likeness (QED) is 0.672. The molecule has 18 heavy (non-hydrogen) atoms. The van der Waals surface area contributed by atoms with Crippen molar-refractivity contribution in [2.45, 2.75) is 4.90 Å². The molecule has 0 aliphatic carbocycles.